The molecule has 1 heterocycles. The second kappa shape index (κ2) is 5.51. The van der Waals surface area contributed by atoms with E-state index in [9.17, 15) is 5.11 Å². The fourth-order valence-electron chi connectivity index (χ4n) is 2.52. The maximum absolute atomic E-state index is 9.91. The Labute approximate surface area is 113 Å². The van der Waals surface area contributed by atoms with Crippen LogP contribution in [0.3, 0.4) is 0 Å². The van der Waals surface area contributed by atoms with Crippen molar-refractivity contribution in [2.75, 3.05) is 13.1 Å². The van der Waals surface area contributed by atoms with Crippen LogP contribution in [-0.2, 0) is 0 Å². The summed E-state index contributed by atoms with van der Waals surface area (Å²) in [7, 11) is 0. The Morgan fingerprint density at radius 3 is 2.89 bits per heavy atom. The smallest absolute Gasteiger partial charge is 0.0883 e. The van der Waals surface area contributed by atoms with Gasteiger partial charge in [-0.25, -0.2) is 0 Å². The first-order valence-electron chi connectivity index (χ1n) is 6.74. The number of benzene rings is 2. The fourth-order valence-corrected chi connectivity index (χ4v) is 2.52. The molecular formula is C16H18N2O. The molecule has 1 fully saturated rings. The Kier molecular flexibility index (Phi) is 3.58. The monoisotopic (exact) mass is 254 g/mol. The van der Waals surface area contributed by atoms with Gasteiger partial charge in [0.1, 0.15) is 0 Å². The van der Waals surface area contributed by atoms with Crippen molar-refractivity contribution < 1.29 is 5.11 Å². The molecule has 2 aromatic carbocycles. The number of nitrogens with one attached hydrogen (secondary N) is 1. The maximum atomic E-state index is 9.91. The molecule has 3 rings (SSSR count). The third-order valence-corrected chi connectivity index (χ3v) is 3.64. The van der Waals surface area contributed by atoms with Crippen molar-refractivity contribution in [3.05, 3.63) is 48.0 Å². The minimum absolute atomic E-state index is 0.0345. The summed E-state index contributed by atoms with van der Waals surface area (Å²) < 4.78 is 0. The highest BCUT2D eigenvalue weighted by Gasteiger charge is 2.21. The van der Waals surface area contributed by atoms with E-state index in [1.165, 1.54) is 10.8 Å². The van der Waals surface area contributed by atoms with Gasteiger partial charge < -0.3 is 10.4 Å². The minimum atomic E-state index is -0.326. The Hall–Kier alpha value is -1.71. The van der Waals surface area contributed by atoms with E-state index in [-0.39, 0.29) is 12.1 Å². The molecule has 2 aromatic rings. The summed E-state index contributed by atoms with van der Waals surface area (Å²) in [5, 5.41) is 15.6. The third kappa shape index (κ3) is 2.67. The molecule has 0 radical (unpaired) electrons. The summed E-state index contributed by atoms with van der Waals surface area (Å²) in [5.41, 5.74) is 1.11. The predicted octanol–water partition coefficient (Wildman–Crippen LogP) is 1.98. The summed E-state index contributed by atoms with van der Waals surface area (Å²) in [6, 6.07) is 14.5. The summed E-state index contributed by atoms with van der Waals surface area (Å²) in [6.45, 7) is 1.63. The number of hydrogen-bond donors (Lipinski definition) is 2. The molecule has 1 saturated heterocycles. The van der Waals surface area contributed by atoms with Gasteiger partial charge in [0, 0.05) is 18.3 Å². The normalized spacial score (nSPS) is 24.1. The van der Waals surface area contributed by atoms with Crippen LogP contribution in [0.5, 0.6) is 0 Å². The van der Waals surface area contributed by atoms with Crippen LogP contribution in [0.15, 0.2) is 47.5 Å². The van der Waals surface area contributed by atoms with Gasteiger partial charge in [-0.3, -0.25) is 4.99 Å². The van der Waals surface area contributed by atoms with E-state index in [4.69, 9.17) is 0 Å². The van der Waals surface area contributed by atoms with Gasteiger partial charge in [0.25, 0.3) is 0 Å². The number of rotatable bonds is 2. The standard InChI is InChI=1S/C16H18N2O/c19-16-8-9-17-11-15(16)18-10-13-6-3-5-12-4-1-2-7-14(12)13/h1-7,10,15-17,19H,8-9,11H2/t15-,16-/m0/s1. The number of aliphatic imine (C=N–C) groups is 1. The number of fused-ring (bicyclic) bond motifs is 1. The van der Waals surface area contributed by atoms with Crippen LogP contribution >= 0.6 is 0 Å². The van der Waals surface area contributed by atoms with Crippen molar-refractivity contribution in [1.82, 2.24) is 5.32 Å². The quantitative estimate of drug-likeness (QED) is 0.805. The van der Waals surface area contributed by atoms with Crippen molar-refractivity contribution in [2.45, 2.75) is 18.6 Å². The molecule has 2 N–H and O–H groups in total. The first-order valence-corrected chi connectivity index (χ1v) is 6.74. The van der Waals surface area contributed by atoms with Crippen LogP contribution in [-0.4, -0.2) is 36.6 Å². The number of nitrogens with zero attached hydrogens (tertiary/aromatic N) is 1. The lowest BCUT2D eigenvalue weighted by Gasteiger charge is -2.25. The molecule has 0 aliphatic carbocycles. The lowest BCUT2D eigenvalue weighted by Crippen LogP contribution is -2.42. The highest BCUT2D eigenvalue weighted by Crippen LogP contribution is 2.17. The first kappa shape index (κ1) is 12.3. The maximum Gasteiger partial charge on any atom is 0.0883 e. The van der Waals surface area contributed by atoms with E-state index in [1.807, 2.05) is 24.4 Å². The van der Waals surface area contributed by atoms with Crippen molar-refractivity contribution in [1.29, 1.82) is 0 Å². The van der Waals surface area contributed by atoms with Gasteiger partial charge in [0.05, 0.1) is 12.1 Å². The number of hydrogen-bond acceptors (Lipinski definition) is 3. The van der Waals surface area contributed by atoms with Gasteiger partial charge in [-0.05, 0) is 23.7 Å². The average Bonchev–Trinajstić information content (AvgIpc) is 2.46. The van der Waals surface area contributed by atoms with E-state index in [1.54, 1.807) is 0 Å². The van der Waals surface area contributed by atoms with Gasteiger partial charge >= 0.3 is 0 Å². The van der Waals surface area contributed by atoms with E-state index >= 15 is 0 Å². The van der Waals surface area contributed by atoms with Crippen LogP contribution in [0.4, 0.5) is 0 Å². The summed E-state index contributed by atoms with van der Waals surface area (Å²) in [6.07, 6.45) is 2.34. The predicted molar refractivity (Wildman–Crippen MR) is 78.8 cm³/mol. The summed E-state index contributed by atoms with van der Waals surface area (Å²) in [4.78, 5) is 4.55. The molecule has 3 heteroatoms. The first-order chi connectivity index (χ1) is 9.34. The highest BCUT2D eigenvalue weighted by atomic mass is 16.3. The van der Waals surface area contributed by atoms with Crippen molar-refractivity contribution in [2.24, 2.45) is 4.99 Å². The number of aliphatic hydroxyl groups excluding tert-OH is 1. The zero-order valence-corrected chi connectivity index (χ0v) is 10.8. The fraction of sp³-hybridized carbons (Fsp3) is 0.312. The largest absolute Gasteiger partial charge is 0.391 e. The van der Waals surface area contributed by atoms with Crippen LogP contribution in [0.25, 0.3) is 10.8 Å². The lowest BCUT2D eigenvalue weighted by atomic mass is 10.0. The molecule has 1 aliphatic rings. The van der Waals surface area contributed by atoms with Crippen molar-refractivity contribution in [3.63, 3.8) is 0 Å². The Balaban J connectivity index is 1.88. The van der Waals surface area contributed by atoms with Gasteiger partial charge in [-0.15, -0.1) is 0 Å². The molecule has 3 nitrogen and oxygen atoms in total. The Morgan fingerprint density at radius 2 is 2.00 bits per heavy atom. The molecule has 19 heavy (non-hydrogen) atoms. The third-order valence-electron chi connectivity index (χ3n) is 3.64. The van der Waals surface area contributed by atoms with Crippen LogP contribution < -0.4 is 5.32 Å². The summed E-state index contributed by atoms with van der Waals surface area (Å²) in [5.74, 6) is 0. The molecule has 0 spiro atoms. The molecule has 0 saturated carbocycles. The lowest BCUT2D eigenvalue weighted by molar-refractivity contribution is 0.117. The van der Waals surface area contributed by atoms with Gasteiger partial charge in [-0.1, -0.05) is 42.5 Å². The molecule has 0 unspecified atom stereocenters. The van der Waals surface area contributed by atoms with Gasteiger partial charge in [-0.2, -0.15) is 0 Å². The van der Waals surface area contributed by atoms with Crippen molar-refractivity contribution >= 4 is 17.0 Å². The molecular weight excluding hydrogens is 236 g/mol. The second-order valence-corrected chi connectivity index (χ2v) is 4.97. The van der Waals surface area contributed by atoms with E-state index < -0.39 is 0 Å². The van der Waals surface area contributed by atoms with Crippen molar-refractivity contribution in [3.8, 4) is 0 Å². The summed E-state index contributed by atoms with van der Waals surface area (Å²) >= 11 is 0. The topological polar surface area (TPSA) is 44.6 Å². The zero-order valence-electron chi connectivity index (χ0n) is 10.8. The zero-order chi connectivity index (χ0) is 13.1. The molecule has 2 atom stereocenters. The number of aliphatic hydroxyl groups is 1. The van der Waals surface area contributed by atoms with Crippen LogP contribution in [0.2, 0.25) is 0 Å². The second-order valence-electron chi connectivity index (χ2n) is 4.97. The molecule has 98 valence electrons. The van der Waals surface area contributed by atoms with E-state index in [2.05, 4.69) is 34.6 Å². The minimum Gasteiger partial charge on any atom is -0.391 e. The van der Waals surface area contributed by atoms with E-state index in [0.717, 1.165) is 25.1 Å². The highest BCUT2D eigenvalue weighted by molar-refractivity contribution is 5.99. The van der Waals surface area contributed by atoms with Crippen LogP contribution in [0.1, 0.15) is 12.0 Å². The van der Waals surface area contributed by atoms with E-state index in [0.29, 0.717) is 0 Å². The number of piperidine rings is 1. The molecule has 0 amide bonds. The molecule has 1 aliphatic heterocycles. The SMILES string of the molecule is O[C@H]1CCNC[C@@H]1N=Cc1cccc2ccccc12. The average molecular weight is 254 g/mol. The Morgan fingerprint density at radius 1 is 1.16 bits per heavy atom. The molecule has 0 aromatic heterocycles. The van der Waals surface area contributed by atoms with Gasteiger partial charge in [0.2, 0.25) is 0 Å². The van der Waals surface area contributed by atoms with Crippen LogP contribution in [0, 0.1) is 0 Å². The molecule has 0 bridgehead atoms. The van der Waals surface area contributed by atoms with Gasteiger partial charge in [0.15, 0.2) is 0 Å². The Bertz CT molecular complexity index is 589.